The number of aliphatic carboxylic acids is 1. The molecule has 3 N–H and O–H groups in total. The maximum atomic E-state index is 12.4. The number of carboxylic acids is 1. The molecule has 1 aliphatic carbocycles. The Balaban J connectivity index is 1.23. The molecule has 4 rings (SSSR count). The molecule has 2 aromatic carbocycles. The first-order chi connectivity index (χ1) is 16.5. The van der Waals surface area contributed by atoms with E-state index in [9.17, 15) is 14.4 Å². The minimum Gasteiger partial charge on any atom is -0.481 e. The molecule has 2 aromatic rings. The zero-order valence-electron chi connectivity index (χ0n) is 19.2. The minimum absolute atomic E-state index is 0.00808. The Hall–Kier alpha value is -3.39. The van der Waals surface area contributed by atoms with Crippen molar-refractivity contribution in [1.29, 1.82) is 0 Å². The van der Waals surface area contributed by atoms with Crippen LogP contribution in [0.3, 0.4) is 0 Å². The fourth-order valence-electron chi connectivity index (χ4n) is 4.70. The molecule has 3 atom stereocenters. The largest absolute Gasteiger partial charge is 0.481 e. The van der Waals surface area contributed by atoms with Gasteiger partial charge in [-0.25, -0.2) is 4.79 Å². The van der Waals surface area contributed by atoms with E-state index < -0.39 is 18.1 Å². The highest BCUT2D eigenvalue weighted by Crippen LogP contribution is 2.44. The molecule has 2 amide bonds. The van der Waals surface area contributed by atoms with E-state index in [1.54, 1.807) is 0 Å². The van der Waals surface area contributed by atoms with Crippen molar-refractivity contribution >= 4 is 18.0 Å². The lowest BCUT2D eigenvalue weighted by atomic mass is 9.98. The number of ether oxygens (including phenoxy) is 2. The summed E-state index contributed by atoms with van der Waals surface area (Å²) in [4.78, 5) is 35.7. The van der Waals surface area contributed by atoms with E-state index in [0.29, 0.717) is 12.8 Å². The van der Waals surface area contributed by atoms with Crippen LogP contribution in [0.4, 0.5) is 4.79 Å². The zero-order valence-corrected chi connectivity index (χ0v) is 19.2. The topological polar surface area (TPSA) is 114 Å². The summed E-state index contributed by atoms with van der Waals surface area (Å²) < 4.78 is 11.2. The molecular weight excluding hydrogens is 436 g/mol. The maximum Gasteiger partial charge on any atom is 0.407 e. The van der Waals surface area contributed by atoms with E-state index in [-0.39, 0.29) is 50.0 Å². The number of fused-ring (bicyclic) bond motifs is 3. The molecule has 8 heteroatoms. The number of carboxylic acid groups (broad SMARTS) is 1. The molecule has 1 heterocycles. The van der Waals surface area contributed by atoms with Crippen molar-refractivity contribution in [1.82, 2.24) is 10.6 Å². The number of carbonyl (C=O) groups is 3. The van der Waals surface area contributed by atoms with Crippen LogP contribution in [0.2, 0.25) is 0 Å². The average molecular weight is 467 g/mol. The molecule has 34 heavy (non-hydrogen) atoms. The lowest BCUT2D eigenvalue weighted by Gasteiger charge is -2.17. The lowest BCUT2D eigenvalue weighted by Crippen LogP contribution is -2.40. The van der Waals surface area contributed by atoms with Gasteiger partial charge in [-0.3, -0.25) is 9.59 Å². The quantitative estimate of drug-likeness (QED) is 0.523. The predicted octanol–water partition coefficient (Wildman–Crippen LogP) is 3.30. The fraction of sp³-hybridized carbons (Fsp3) is 0.423. The van der Waals surface area contributed by atoms with Gasteiger partial charge in [0.05, 0.1) is 25.0 Å². The molecule has 180 valence electrons. The van der Waals surface area contributed by atoms with Crippen LogP contribution in [-0.2, 0) is 19.1 Å². The number of alkyl carbamates (subject to hydrolysis) is 1. The molecule has 2 aliphatic rings. The highest BCUT2D eigenvalue weighted by Gasteiger charge is 2.33. The molecule has 1 fully saturated rings. The van der Waals surface area contributed by atoms with E-state index in [1.807, 2.05) is 31.2 Å². The second-order valence-corrected chi connectivity index (χ2v) is 8.81. The summed E-state index contributed by atoms with van der Waals surface area (Å²) in [7, 11) is 0. The summed E-state index contributed by atoms with van der Waals surface area (Å²) in [5.41, 5.74) is 4.64. The number of amides is 2. The third kappa shape index (κ3) is 5.39. The first-order valence-corrected chi connectivity index (χ1v) is 11.7. The second-order valence-electron chi connectivity index (χ2n) is 8.81. The molecule has 0 aromatic heterocycles. The summed E-state index contributed by atoms with van der Waals surface area (Å²) in [6.07, 6.45) is 0.0709. The SMILES string of the molecule is CCC(CC(=O)O)NC(=O)[C@@H]1CO[C@H](CNC(=O)OCC2c3ccccc3-c3ccccc32)C1. The van der Waals surface area contributed by atoms with E-state index >= 15 is 0 Å². The van der Waals surface area contributed by atoms with Crippen molar-refractivity contribution in [3.8, 4) is 11.1 Å². The smallest absolute Gasteiger partial charge is 0.407 e. The molecular formula is C26H30N2O6. The molecule has 8 nitrogen and oxygen atoms in total. The van der Waals surface area contributed by atoms with Crippen molar-refractivity contribution < 1.29 is 29.0 Å². The first kappa shape index (κ1) is 23.8. The molecule has 1 saturated heterocycles. The van der Waals surface area contributed by atoms with Crippen LogP contribution in [0, 0.1) is 5.92 Å². The molecule has 0 bridgehead atoms. The number of carbonyl (C=O) groups excluding carboxylic acids is 2. The van der Waals surface area contributed by atoms with Gasteiger partial charge in [0.25, 0.3) is 0 Å². The van der Waals surface area contributed by atoms with Gasteiger partial charge in [0.1, 0.15) is 6.61 Å². The predicted molar refractivity (Wildman–Crippen MR) is 125 cm³/mol. The molecule has 0 radical (unpaired) electrons. The van der Waals surface area contributed by atoms with Gasteiger partial charge in [0.15, 0.2) is 0 Å². The van der Waals surface area contributed by atoms with Crippen LogP contribution in [0.5, 0.6) is 0 Å². The van der Waals surface area contributed by atoms with Gasteiger partial charge in [-0.2, -0.15) is 0 Å². The highest BCUT2D eigenvalue weighted by atomic mass is 16.5. The second kappa shape index (κ2) is 10.7. The Kier molecular flexibility index (Phi) is 7.47. The van der Waals surface area contributed by atoms with Crippen LogP contribution in [0.1, 0.15) is 43.2 Å². The van der Waals surface area contributed by atoms with Crippen LogP contribution >= 0.6 is 0 Å². The number of benzene rings is 2. The van der Waals surface area contributed by atoms with Crippen molar-refractivity contribution in [2.75, 3.05) is 19.8 Å². The van der Waals surface area contributed by atoms with Gasteiger partial charge in [0.2, 0.25) is 5.91 Å². The fourth-order valence-corrected chi connectivity index (χ4v) is 4.70. The van der Waals surface area contributed by atoms with Crippen molar-refractivity contribution in [2.45, 2.75) is 44.2 Å². The van der Waals surface area contributed by atoms with Crippen LogP contribution in [0.15, 0.2) is 48.5 Å². The van der Waals surface area contributed by atoms with Gasteiger partial charge in [0, 0.05) is 18.5 Å². The Morgan fingerprint density at radius 2 is 1.74 bits per heavy atom. The summed E-state index contributed by atoms with van der Waals surface area (Å²) in [6.45, 7) is 2.55. The molecule has 1 aliphatic heterocycles. The summed E-state index contributed by atoms with van der Waals surface area (Å²) in [6, 6.07) is 15.9. The molecule has 1 unspecified atom stereocenters. The standard InChI is InChI=1S/C26H30N2O6/c1-2-17(12-24(29)30)28-25(31)16-11-18(33-14-16)13-27-26(32)34-15-23-21-9-5-3-7-19(21)20-8-4-6-10-22(20)23/h3-10,16-18,23H,2,11-15H2,1H3,(H,27,32)(H,28,31)(H,29,30)/t16-,17?,18-/m0/s1. The van der Waals surface area contributed by atoms with E-state index in [2.05, 4.69) is 34.9 Å². The first-order valence-electron chi connectivity index (χ1n) is 11.7. The van der Waals surface area contributed by atoms with Crippen molar-refractivity contribution in [3.05, 3.63) is 59.7 Å². The maximum absolute atomic E-state index is 12.4. The Bertz CT molecular complexity index is 1010. The molecule has 0 spiro atoms. The van der Waals surface area contributed by atoms with Crippen molar-refractivity contribution in [2.24, 2.45) is 5.92 Å². The molecule has 0 saturated carbocycles. The number of hydrogen-bond acceptors (Lipinski definition) is 5. The van der Waals surface area contributed by atoms with E-state index in [4.69, 9.17) is 14.6 Å². The number of nitrogens with one attached hydrogen (secondary N) is 2. The van der Waals surface area contributed by atoms with Gasteiger partial charge < -0.3 is 25.2 Å². The third-order valence-electron chi connectivity index (χ3n) is 6.53. The summed E-state index contributed by atoms with van der Waals surface area (Å²) >= 11 is 0. The lowest BCUT2D eigenvalue weighted by molar-refractivity contribution is -0.137. The summed E-state index contributed by atoms with van der Waals surface area (Å²) in [5, 5.41) is 14.5. The Morgan fingerprint density at radius 3 is 2.35 bits per heavy atom. The van der Waals surface area contributed by atoms with Gasteiger partial charge in [-0.05, 0) is 35.1 Å². The number of hydrogen-bond donors (Lipinski definition) is 3. The van der Waals surface area contributed by atoms with Crippen molar-refractivity contribution in [3.63, 3.8) is 0 Å². The van der Waals surface area contributed by atoms with Crippen LogP contribution in [0.25, 0.3) is 11.1 Å². The van der Waals surface area contributed by atoms with Gasteiger partial charge >= 0.3 is 12.1 Å². The normalized spacial score (nSPS) is 19.7. The minimum atomic E-state index is -0.944. The van der Waals surface area contributed by atoms with Crippen LogP contribution < -0.4 is 10.6 Å². The third-order valence-corrected chi connectivity index (χ3v) is 6.53. The van der Waals surface area contributed by atoms with Gasteiger partial charge in [-0.15, -0.1) is 0 Å². The average Bonchev–Trinajstić information content (AvgIpc) is 3.44. The monoisotopic (exact) mass is 466 g/mol. The zero-order chi connectivity index (χ0) is 24.1. The number of rotatable bonds is 9. The Labute approximate surface area is 198 Å². The van der Waals surface area contributed by atoms with Crippen LogP contribution in [-0.4, -0.2) is 55.0 Å². The summed E-state index contributed by atoms with van der Waals surface area (Å²) in [5.74, 6) is -1.53. The van der Waals surface area contributed by atoms with E-state index in [0.717, 1.165) is 11.1 Å². The highest BCUT2D eigenvalue weighted by molar-refractivity contribution is 5.80. The van der Waals surface area contributed by atoms with E-state index in [1.165, 1.54) is 11.1 Å². The Morgan fingerprint density at radius 1 is 1.09 bits per heavy atom. The van der Waals surface area contributed by atoms with Gasteiger partial charge in [-0.1, -0.05) is 55.5 Å².